The molecular formula is C29H23NO2. The second kappa shape index (κ2) is 7.16. The predicted molar refractivity (Wildman–Crippen MR) is 126 cm³/mol. The molecule has 1 aliphatic heterocycles. The molecule has 1 saturated carbocycles. The molecule has 2 fully saturated rings. The Hall–Kier alpha value is -3.72. The first kappa shape index (κ1) is 19.0. The Morgan fingerprint density at radius 2 is 1.12 bits per heavy atom. The zero-order chi connectivity index (χ0) is 21.8. The van der Waals surface area contributed by atoms with Gasteiger partial charge in [-0.2, -0.15) is 0 Å². The number of fused-ring (bicyclic) bond motifs is 5. The molecule has 1 saturated heterocycles. The van der Waals surface area contributed by atoms with Crippen molar-refractivity contribution in [2.75, 3.05) is 4.90 Å². The molecule has 2 aliphatic carbocycles. The minimum atomic E-state index is -0.325. The summed E-state index contributed by atoms with van der Waals surface area (Å²) in [6.07, 6.45) is 4.30. The summed E-state index contributed by atoms with van der Waals surface area (Å²) in [5.74, 6) is -0.880. The summed E-state index contributed by atoms with van der Waals surface area (Å²) in [7, 11) is 0. The SMILES string of the molecule is Cc1ccccc1N1C(=O)[C@@H]2[C@H](C1=O)[C@H]1C=C[C@@H]2C1=C(c1ccccc1)c1ccccc1. The number of anilines is 1. The molecule has 32 heavy (non-hydrogen) atoms. The number of benzene rings is 3. The second-order valence-corrected chi connectivity index (χ2v) is 8.85. The average Bonchev–Trinajstić information content (AvgIpc) is 3.46. The molecule has 3 aromatic rings. The molecule has 156 valence electrons. The molecule has 3 aliphatic rings. The predicted octanol–water partition coefficient (Wildman–Crippen LogP) is 5.42. The van der Waals surface area contributed by atoms with E-state index in [0.717, 1.165) is 22.3 Å². The Bertz CT molecular complexity index is 1210. The lowest BCUT2D eigenvalue weighted by atomic mass is 9.85. The summed E-state index contributed by atoms with van der Waals surface area (Å²) >= 11 is 0. The molecule has 0 N–H and O–H groups in total. The number of hydrogen-bond acceptors (Lipinski definition) is 2. The Morgan fingerprint density at radius 3 is 1.62 bits per heavy atom. The minimum Gasteiger partial charge on any atom is -0.274 e. The zero-order valence-electron chi connectivity index (χ0n) is 17.8. The smallest absolute Gasteiger partial charge is 0.238 e. The van der Waals surface area contributed by atoms with Gasteiger partial charge >= 0.3 is 0 Å². The van der Waals surface area contributed by atoms with Crippen LogP contribution in [0, 0.1) is 30.6 Å². The van der Waals surface area contributed by atoms with Gasteiger partial charge in [0.2, 0.25) is 11.8 Å². The minimum absolute atomic E-state index is 0.0501. The fourth-order valence-corrected chi connectivity index (χ4v) is 5.86. The van der Waals surface area contributed by atoms with E-state index >= 15 is 0 Å². The van der Waals surface area contributed by atoms with Gasteiger partial charge in [0.05, 0.1) is 17.5 Å². The van der Waals surface area contributed by atoms with Crippen LogP contribution in [0.25, 0.3) is 5.57 Å². The van der Waals surface area contributed by atoms with Crippen LogP contribution in [0.1, 0.15) is 16.7 Å². The first-order valence-corrected chi connectivity index (χ1v) is 11.1. The summed E-state index contributed by atoms with van der Waals surface area (Å²) < 4.78 is 0. The van der Waals surface area contributed by atoms with E-state index in [4.69, 9.17) is 0 Å². The van der Waals surface area contributed by atoms with Gasteiger partial charge in [-0.1, -0.05) is 91.0 Å². The number of hydrogen-bond donors (Lipinski definition) is 0. The van der Waals surface area contributed by atoms with Crippen molar-refractivity contribution in [2.45, 2.75) is 6.92 Å². The third kappa shape index (κ3) is 2.61. The second-order valence-electron chi connectivity index (χ2n) is 8.85. The molecule has 3 aromatic carbocycles. The standard InChI is InChI=1S/C29H23NO2/c1-18-10-8-9-15-23(18)30-28(31)26-21-16-17-22(27(26)29(30)32)25(21)24(19-11-4-2-5-12-19)20-13-6-3-7-14-20/h2-17,21-22,26-27H,1H3/t21-,22+,26+,27-. The van der Waals surface area contributed by atoms with Crippen molar-refractivity contribution >= 4 is 23.1 Å². The van der Waals surface area contributed by atoms with Crippen LogP contribution in [0.5, 0.6) is 0 Å². The van der Waals surface area contributed by atoms with Crippen molar-refractivity contribution in [2.24, 2.45) is 23.7 Å². The third-order valence-electron chi connectivity index (χ3n) is 7.19. The summed E-state index contributed by atoms with van der Waals surface area (Å²) in [6.45, 7) is 1.95. The van der Waals surface area contributed by atoms with Crippen molar-refractivity contribution in [1.29, 1.82) is 0 Å². The quantitative estimate of drug-likeness (QED) is 0.422. The van der Waals surface area contributed by atoms with E-state index in [-0.39, 0.29) is 35.5 Å². The topological polar surface area (TPSA) is 37.4 Å². The maximum Gasteiger partial charge on any atom is 0.238 e. The van der Waals surface area contributed by atoms with Gasteiger partial charge in [-0.05, 0) is 40.8 Å². The Labute approximate surface area is 187 Å². The van der Waals surface area contributed by atoms with Crippen molar-refractivity contribution in [3.05, 3.63) is 119 Å². The summed E-state index contributed by atoms with van der Waals surface area (Å²) in [6, 6.07) is 28.3. The van der Waals surface area contributed by atoms with Gasteiger partial charge in [0.15, 0.2) is 0 Å². The zero-order valence-corrected chi connectivity index (χ0v) is 17.8. The molecule has 0 unspecified atom stereocenters. The molecule has 2 bridgehead atoms. The number of carbonyl (C=O) groups excluding carboxylic acids is 2. The maximum atomic E-state index is 13.6. The Morgan fingerprint density at radius 1 is 0.656 bits per heavy atom. The number of para-hydroxylation sites is 1. The molecule has 6 rings (SSSR count). The number of nitrogens with zero attached hydrogens (tertiary/aromatic N) is 1. The third-order valence-corrected chi connectivity index (χ3v) is 7.19. The molecule has 0 spiro atoms. The fraction of sp³-hybridized carbons (Fsp3) is 0.172. The van der Waals surface area contributed by atoms with Crippen LogP contribution < -0.4 is 4.90 Å². The van der Waals surface area contributed by atoms with Crippen LogP contribution >= 0.6 is 0 Å². The van der Waals surface area contributed by atoms with Crippen LogP contribution in [0.15, 0.2) is 103 Å². The highest BCUT2D eigenvalue weighted by Gasteiger charge is 2.62. The van der Waals surface area contributed by atoms with Crippen molar-refractivity contribution < 1.29 is 9.59 Å². The molecule has 3 heteroatoms. The van der Waals surface area contributed by atoms with Crippen molar-refractivity contribution in [3.63, 3.8) is 0 Å². The van der Waals surface area contributed by atoms with Gasteiger partial charge < -0.3 is 0 Å². The van der Waals surface area contributed by atoms with E-state index in [1.165, 1.54) is 10.5 Å². The van der Waals surface area contributed by atoms with Crippen molar-refractivity contribution in [3.8, 4) is 0 Å². The van der Waals surface area contributed by atoms with E-state index in [1.807, 2.05) is 67.6 Å². The average molecular weight is 418 g/mol. The van der Waals surface area contributed by atoms with Crippen LogP contribution in [0.2, 0.25) is 0 Å². The van der Waals surface area contributed by atoms with Gasteiger partial charge in [-0.15, -0.1) is 0 Å². The van der Waals surface area contributed by atoms with E-state index in [0.29, 0.717) is 5.69 Å². The first-order valence-electron chi connectivity index (χ1n) is 11.1. The summed E-state index contributed by atoms with van der Waals surface area (Å²) in [5, 5.41) is 0. The van der Waals surface area contributed by atoms with Gasteiger partial charge in [-0.25, -0.2) is 4.90 Å². The molecule has 1 heterocycles. The fourth-order valence-electron chi connectivity index (χ4n) is 5.86. The number of imide groups is 1. The molecule has 4 atom stereocenters. The highest BCUT2D eigenvalue weighted by Crippen LogP contribution is 2.59. The summed E-state index contributed by atoms with van der Waals surface area (Å²) in [4.78, 5) is 28.7. The van der Waals surface area contributed by atoms with Crippen LogP contribution in [0.4, 0.5) is 5.69 Å². The largest absolute Gasteiger partial charge is 0.274 e. The molecule has 0 radical (unpaired) electrons. The molecule has 3 nitrogen and oxygen atoms in total. The number of allylic oxidation sites excluding steroid dienone is 3. The molecular weight excluding hydrogens is 394 g/mol. The lowest BCUT2D eigenvalue weighted by molar-refractivity contribution is -0.122. The lowest BCUT2D eigenvalue weighted by Crippen LogP contribution is -2.33. The highest BCUT2D eigenvalue weighted by molar-refractivity contribution is 6.23. The number of carbonyl (C=O) groups is 2. The molecule has 2 amide bonds. The van der Waals surface area contributed by atoms with Crippen LogP contribution in [-0.2, 0) is 9.59 Å². The number of rotatable bonds is 3. The highest BCUT2D eigenvalue weighted by atomic mass is 16.2. The maximum absolute atomic E-state index is 13.6. The van der Waals surface area contributed by atoms with Gasteiger partial charge in [0.1, 0.15) is 0 Å². The summed E-state index contributed by atoms with van der Waals surface area (Å²) in [5.41, 5.74) is 6.28. The Balaban J connectivity index is 1.50. The first-order chi connectivity index (χ1) is 15.7. The van der Waals surface area contributed by atoms with Gasteiger partial charge in [0, 0.05) is 11.8 Å². The normalized spacial score (nSPS) is 25.5. The van der Waals surface area contributed by atoms with E-state index in [9.17, 15) is 9.59 Å². The Kier molecular flexibility index (Phi) is 4.25. The monoisotopic (exact) mass is 417 g/mol. The van der Waals surface area contributed by atoms with Crippen LogP contribution in [-0.4, -0.2) is 11.8 Å². The lowest BCUT2D eigenvalue weighted by Gasteiger charge is -2.22. The van der Waals surface area contributed by atoms with Crippen LogP contribution in [0.3, 0.4) is 0 Å². The van der Waals surface area contributed by atoms with Crippen molar-refractivity contribution in [1.82, 2.24) is 0 Å². The number of aryl methyl sites for hydroxylation is 1. The van der Waals surface area contributed by atoms with Gasteiger partial charge in [-0.3, -0.25) is 9.59 Å². The van der Waals surface area contributed by atoms with E-state index < -0.39 is 0 Å². The number of amides is 2. The van der Waals surface area contributed by atoms with Gasteiger partial charge in [0.25, 0.3) is 0 Å². The van der Waals surface area contributed by atoms with E-state index in [1.54, 1.807) is 0 Å². The molecule has 0 aromatic heterocycles. The van der Waals surface area contributed by atoms with E-state index in [2.05, 4.69) is 36.4 Å².